The van der Waals surface area contributed by atoms with Crippen LogP contribution in [0.4, 0.5) is 0 Å². The summed E-state index contributed by atoms with van der Waals surface area (Å²) in [4.78, 5) is 7.17. The van der Waals surface area contributed by atoms with Crippen molar-refractivity contribution in [2.75, 3.05) is 19.6 Å². The molecule has 94 valence electrons. The summed E-state index contributed by atoms with van der Waals surface area (Å²) < 4.78 is 0. The number of aromatic nitrogens is 1. The third-order valence-electron chi connectivity index (χ3n) is 4.06. The van der Waals surface area contributed by atoms with Crippen molar-refractivity contribution in [1.82, 2.24) is 15.2 Å². The monoisotopic (exact) mass is 251 g/mol. The predicted molar refractivity (Wildman–Crippen MR) is 71.6 cm³/mol. The van der Waals surface area contributed by atoms with Crippen molar-refractivity contribution in [3.63, 3.8) is 0 Å². The first-order chi connectivity index (χ1) is 8.33. The Bertz CT molecular complexity index is 376. The lowest BCUT2D eigenvalue weighted by Gasteiger charge is -2.21. The van der Waals surface area contributed by atoms with Crippen molar-refractivity contribution in [2.24, 2.45) is 0 Å². The Morgan fingerprint density at radius 1 is 1.47 bits per heavy atom. The summed E-state index contributed by atoms with van der Waals surface area (Å²) in [7, 11) is 0. The number of hydrogen-bond donors (Lipinski definition) is 1. The van der Waals surface area contributed by atoms with Gasteiger partial charge in [-0.05, 0) is 32.7 Å². The first kappa shape index (κ1) is 11.6. The van der Waals surface area contributed by atoms with Crippen molar-refractivity contribution in [2.45, 2.75) is 44.7 Å². The minimum absolute atomic E-state index is 0.734. The van der Waals surface area contributed by atoms with Crippen LogP contribution in [0.15, 0.2) is 5.38 Å². The van der Waals surface area contributed by atoms with Gasteiger partial charge in [-0.1, -0.05) is 0 Å². The Kier molecular flexibility index (Phi) is 3.45. The average molecular weight is 251 g/mol. The maximum atomic E-state index is 4.51. The summed E-state index contributed by atoms with van der Waals surface area (Å²) in [6, 6.07) is 1.56. The second-order valence-corrected chi connectivity index (χ2v) is 6.26. The topological polar surface area (TPSA) is 28.2 Å². The highest BCUT2D eigenvalue weighted by atomic mass is 32.1. The maximum Gasteiger partial charge on any atom is 0.0897 e. The number of nitrogens with one attached hydrogen (secondary N) is 1. The molecule has 3 heterocycles. The fourth-order valence-corrected chi connectivity index (χ4v) is 3.88. The zero-order valence-corrected chi connectivity index (χ0v) is 11.3. The average Bonchev–Trinajstić information content (AvgIpc) is 2.97. The summed E-state index contributed by atoms with van der Waals surface area (Å²) in [5.41, 5.74) is 1.25. The van der Waals surface area contributed by atoms with E-state index in [0.29, 0.717) is 0 Å². The highest BCUT2D eigenvalue weighted by Crippen LogP contribution is 2.27. The molecule has 4 heteroatoms. The molecule has 0 saturated carbocycles. The molecule has 1 aromatic heterocycles. The lowest BCUT2D eigenvalue weighted by Crippen LogP contribution is -2.39. The van der Waals surface area contributed by atoms with Gasteiger partial charge in [0.15, 0.2) is 0 Å². The number of hydrogen-bond acceptors (Lipinski definition) is 4. The van der Waals surface area contributed by atoms with Crippen LogP contribution in [0.2, 0.25) is 0 Å². The van der Waals surface area contributed by atoms with Crippen LogP contribution in [-0.4, -0.2) is 41.6 Å². The highest BCUT2D eigenvalue weighted by Gasteiger charge is 2.36. The van der Waals surface area contributed by atoms with Crippen LogP contribution < -0.4 is 5.32 Å². The van der Waals surface area contributed by atoms with E-state index in [-0.39, 0.29) is 0 Å². The molecule has 2 saturated heterocycles. The van der Waals surface area contributed by atoms with Crippen LogP contribution in [0, 0.1) is 6.92 Å². The van der Waals surface area contributed by atoms with Gasteiger partial charge in [-0.25, -0.2) is 4.98 Å². The quantitative estimate of drug-likeness (QED) is 0.885. The Balaban J connectivity index is 1.45. The van der Waals surface area contributed by atoms with Gasteiger partial charge >= 0.3 is 0 Å². The zero-order chi connectivity index (χ0) is 11.7. The van der Waals surface area contributed by atoms with Gasteiger partial charge < -0.3 is 5.32 Å². The molecule has 3 rings (SSSR count). The molecular formula is C13H21N3S. The van der Waals surface area contributed by atoms with Gasteiger partial charge in [0.05, 0.1) is 10.7 Å². The van der Waals surface area contributed by atoms with Gasteiger partial charge in [0.2, 0.25) is 0 Å². The van der Waals surface area contributed by atoms with Crippen LogP contribution in [0.5, 0.6) is 0 Å². The first-order valence-corrected chi connectivity index (χ1v) is 7.59. The largest absolute Gasteiger partial charge is 0.312 e. The second-order valence-electron chi connectivity index (χ2n) is 5.20. The number of thiazole rings is 1. The molecule has 2 aliphatic heterocycles. The van der Waals surface area contributed by atoms with Crippen molar-refractivity contribution < 1.29 is 0 Å². The van der Waals surface area contributed by atoms with Crippen molar-refractivity contribution in [3.8, 4) is 0 Å². The van der Waals surface area contributed by atoms with E-state index in [1.54, 1.807) is 11.3 Å². The Morgan fingerprint density at radius 2 is 2.41 bits per heavy atom. The number of aryl methyl sites for hydroxylation is 1. The van der Waals surface area contributed by atoms with E-state index in [9.17, 15) is 0 Å². The van der Waals surface area contributed by atoms with Crippen LogP contribution >= 0.6 is 11.3 Å². The van der Waals surface area contributed by atoms with Crippen LogP contribution in [0.25, 0.3) is 0 Å². The number of nitrogens with zero attached hydrogens (tertiary/aromatic N) is 2. The number of rotatable bonds is 4. The predicted octanol–water partition coefficient (Wildman–Crippen LogP) is 1.82. The molecule has 0 bridgehead atoms. The van der Waals surface area contributed by atoms with Gasteiger partial charge in [0.25, 0.3) is 0 Å². The molecule has 3 nitrogen and oxygen atoms in total. The minimum atomic E-state index is 0.734. The fraction of sp³-hybridized carbons (Fsp3) is 0.769. The zero-order valence-electron chi connectivity index (χ0n) is 10.5. The molecule has 0 radical (unpaired) electrons. The van der Waals surface area contributed by atoms with Gasteiger partial charge in [-0.15, -0.1) is 11.3 Å². The molecule has 1 N–H and O–H groups in total. The molecule has 0 amide bonds. The van der Waals surface area contributed by atoms with Crippen LogP contribution in [0.1, 0.15) is 30.0 Å². The molecule has 2 aliphatic rings. The smallest absolute Gasteiger partial charge is 0.0897 e. The maximum absolute atomic E-state index is 4.51. The van der Waals surface area contributed by atoms with Crippen LogP contribution in [-0.2, 0) is 6.42 Å². The summed E-state index contributed by atoms with van der Waals surface area (Å²) >= 11 is 1.76. The van der Waals surface area contributed by atoms with Crippen LogP contribution in [0.3, 0.4) is 0 Å². The lowest BCUT2D eigenvalue weighted by molar-refractivity contribution is 0.299. The Labute approximate surface area is 107 Å². The molecular weight excluding hydrogens is 230 g/mol. The minimum Gasteiger partial charge on any atom is -0.312 e. The molecule has 1 aromatic rings. The van der Waals surface area contributed by atoms with E-state index in [4.69, 9.17) is 0 Å². The summed E-state index contributed by atoms with van der Waals surface area (Å²) in [6.45, 7) is 5.79. The van der Waals surface area contributed by atoms with E-state index in [1.807, 2.05) is 0 Å². The molecule has 2 unspecified atom stereocenters. The highest BCUT2D eigenvalue weighted by molar-refractivity contribution is 7.09. The van der Waals surface area contributed by atoms with E-state index in [0.717, 1.165) is 25.0 Å². The summed E-state index contributed by atoms with van der Waals surface area (Å²) in [5.74, 6) is 0. The third-order valence-corrected chi connectivity index (χ3v) is 4.88. The Hall–Kier alpha value is -0.450. The summed E-state index contributed by atoms with van der Waals surface area (Å²) in [5, 5.41) is 7.10. The summed E-state index contributed by atoms with van der Waals surface area (Å²) in [6.07, 6.45) is 5.20. The molecule has 2 atom stereocenters. The van der Waals surface area contributed by atoms with E-state index in [1.165, 1.54) is 43.1 Å². The van der Waals surface area contributed by atoms with Crippen molar-refractivity contribution >= 4 is 11.3 Å². The van der Waals surface area contributed by atoms with Gasteiger partial charge in [0.1, 0.15) is 0 Å². The second kappa shape index (κ2) is 5.04. The van der Waals surface area contributed by atoms with Crippen molar-refractivity contribution in [1.29, 1.82) is 0 Å². The number of fused-ring (bicyclic) bond motifs is 1. The Morgan fingerprint density at radius 3 is 3.24 bits per heavy atom. The molecule has 0 aliphatic carbocycles. The standard InChI is InChI=1S/C13H21N3S/c1-10-15-11(9-17-10)4-6-14-12-5-8-16-7-2-3-13(12)16/h9,12-14H,2-8H2,1H3. The van der Waals surface area contributed by atoms with Gasteiger partial charge in [-0.3, -0.25) is 4.90 Å². The van der Waals surface area contributed by atoms with E-state index < -0.39 is 0 Å². The molecule has 2 fully saturated rings. The molecule has 0 spiro atoms. The molecule has 17 heavy (non-hydrogen) atoms. The van der Waals surface area contributed by atoms with E-state index >= 15 is 0 Å². The SMILES string of the molecule is Cc1nc(CCNC2CCN3CCCC23)cs1. The van der Waals surface area contributed by atoms with Crippen molar-refractivity contribution in [3.05, 3.63) is 16.1 Å². The third kappa shape index (κ3) is 2.54. The lowest BCUT2D eigenvalue weighted by atomic mass is 10.1. The van der Waals surface area contributed by atoms with Gasteiger partial charge in [-0.2, -0.15) is 0 Å². The first-order valence-electron chi connectivity index (χ1n) is 6.71. The fourth-order valence-electron chi connectivity index (χ4n) is 3.23. The molecule has 0 aromatic carbocycles. The normalized spacial score (nSPS) is 28.8. The van der Waals surface area contributed by atoms with E-state index in [2.05, 4.69) is 27.5 Å². The van der Waals surface area contributed by atoms with Gasteiger partial charge in [0, 0.05) is 37.0 Å².